The predicted molar refractivity (Wildman–Crippen MR) is 178 cm³/mol. The van der Waals surface area contributed by atoms with Crippen LogP contribution in [-0.2, 0) is 28.5 Å². The second kappa shape index (κ2) is 22.0. The Balaban J connectivity index is 4.91. The van der Waals surface area contributed by atoms with Crippen molar-refractivity contribution in [2.75, 3.05) is 14.2 Å². The molecule has 40 heavy (non-hydrogen) atoms. The molecule has 0 heterocycles. The van der Waals surface area contributed by atoms with E-state index in [0.29, 0.717) is 33.4 Å². The molecule has 6 nitrogen and oxygen atoms in total. The van der Waals surface area contributed by atoms with Gasteiger partial charge in [-0.05, 0) is 75.8 Å². The number of unbranched alkanes of at least 4 members (excludes halogenated alkanes) is 3. The van der Waals surface area contributed by atoms with Gasteiger partial charge in [0, 0.05) is 10.5 Å². The number of thioether (sulfide) groups is 2. The minimum absolute atomic E-state index is 0.0539. The molecule has 0 bridgehead atoms. The van der Waals surface area contributed by atoms with Gasteiger partial charge in [-0.1, -0.05) is 90.7 Å². The number of carbonyl (C=O) groups is 2. The Morgan fingerprint density at radius 2 is 0.925 bits per heavy atom. The molecule has 0 rings (SSSR count). The topological polar surface area (TPSA) is 71.1 Å². The van der Waals surface area contributed by atoms with Crippen LogP contribution >= 0.6 is 48.0 Å². The smallest absolute Gasteiger partial charge is 0.308 e. The van der Waals surface area contributed by atoms with Crippen LogP contribution in [0.2, 0.25) is 0 Å². The van der Waals surface area contributed by atoms with Crippen LogP contribution in [0.5, 0.6) is 0 Å². The van der Waals surface area contributed by atoms with E-state index in [9.17, 15) is 9.59 Å². The van der Waals surface area contributed by atoms with Gasteiger partial charge in [0.2, 0.25) is 8.77 Å². The zero-order valence-corrected chi connectivity index (χ0v) is 29.6. The van der Waals surface area contributed by atoms with Gasteiger partial charge in [-0.2, -0.15) is 0 Å². The Kier molecular flexibility index (Phi) is 21.7. The third-order valence-corrected chi connectivity index (χ3v) is 10.1. The quantitative estimate of drug-likeness (QED) is 0.0780. The van der Waals surface area contributed by atoms with E-state index in [1.165, 1.54) is 14.2 Å². The highest BCUT2D eigenvalue weighted by Gasteiger charge is 2.24. The van der Waals surface area contributed by atoms with E-state index in [1.54, 1.807) is 23.5 Å². The van der Waals surface area contributed by atoms with Gasteiger partial charge in [-0.25, -0.2) is 0 Å². The largest absolute Gasteiger partial charge is 0.475 e. The van der Waals surface area contributed by atoms with Gasteiger partial charge < -0.3 is 18.9 Å². The van der Waals surface area contributed by atoms with E-state index < -0.39 is 0 Å². The van der Waals surface area contributed by atoms with Crippen molar-refractivity contribution in [1.82, 2.24) is 0 Å². The molecular formula is C30H54O6S4. The SMILES string of the molecule is COC(=O)C(C)CC(CCCCCCC(CC(C)C(=O)OC)SC(=S)OC(C)C(C)C)SC(=S)OC(C)C(C)C. The van der Waals surface area contributed by atoms with Gasteiger partial charge in [0.15, 0.2) is 0 Å². The number of thiocarbonyl (C=S) groups is 2. The lowest BCUT2D eigenvalue weighted by Crippen LogP contribution is -2.22. The summed E-state index contributed by atoms with van der Waals surface area (Å²) in [4.78, 5) is 24.1. The number of methoxy groups -OCH3 is 2. The number of esters is 2. The summed E-state index contributed by atoms with van der Waals surface area (Å²) in [6.07, 6.45) is 7.65. The fourth-order valence-corrected chi connectivity index (χ4v) is 7.25. The lowest BCUT2D eigenvalue weighted by molar-refractivity contribution is -0.145. The van der Waals surface area contributed by atoms with Gasteiger partial charge in [0.1, 0.15) is 0 Å². The predicted octanol–water partition coefficient (Wildman–Crippen LogP) is 8.62. The van der Waals surface area contributed by atoms with Gasteiger partial charge in [0.25, 0.3) is 0 Å². The number of carbonyl (C=O) groups excluding carboxylic acids is 2. The second-order valence-corrected chi connectivity index (χ2v) is 15.2. The summed E-state index contributed by atoms with van der Waals surface area (Å²) >= 11 is 14.2. The second-order valence-electron chi connectivity index (χ2n) is 11.4. The molecule has 234 valence electrons. The van der Waals surface area contributed by atoms with Crippen molar-refractivity contribution in [3.8, 4) is 0 Å². The van der Waals surface area contributed by atoms with E-state index in [2.05, 4.69) is 27.7 Å². The maximum Gasteiger partial charge on any atom is 0.308 e. The van der Waals surface area contributed by atoms with E-state index >= 15 is 0 Å². The third kappa shape index (κ3) is 18.1. The van der Waals surface area contributed by atoms with Crippen LogP contribution < -0.4 is 0 Å². The summed E-state index contributed by atoms with van der Waals surface area (Å²) in [7, 11) is 2.86. The highest BCUT2D eigenvalue weighted by atomic mass is 32.2. The van der Waals surface area contributed by atoms with Crippen molar-refractivity contribution in [2.45, 2.75) is 129 Å². The normalized spacial score (nSPS) is 16.0. The van der Waals surface area contributed by atoms with Crippen LogP contribution in [0.4, 0.5) is 0 Å². The average molecular weight is 639 g/mol. The molecule has 0 fully saturated rings. The molecule has 0 aromatic heterocycles. The Labute approximate surface area is 263 Å². The van der Waals surface area contributed by atoms with Crippen molar-refractivity contribution < 1.29 is 28.5 Å². The fourth-order valence-electron chi connectivity index (χ4n) is 3.83. The number of rotatable bonds is 19. The zero-order chi connectivity index (χ0) is 30.8. The Morgan fingerprint density at radius 1 is 0.600 bits per heavy atom. The first-order valence-electron chi connectivity index (χ1n) is 14.6. The summed E-state index contributed by atoms with van der Waals surface area (Å²) in [6.45, 7) is 16.3. The molecule has 0 saturated carbocycles. The number of hydrogen-bond donors (Lipinski definition) is 0. The van der Waals surface area contributed by atoms with Crippen molar-refractivity contribution in [2.24, 2.45) is 23.7 Å². The highest BCUT2D eigenvalue weighted by molar-refractivity contribution is 8.23. The number of hydrogen-bond acceptors (Lipinski definition) is 10. The van der Waals surface area contributed by atoms with Crippen LogP contribution in [0.15, 0.2) is 0 Å². The van der Waals surface area contributed by atoms with E-state index in [0.717, 1.165) is 38.5 Å². The minimum atomic E-state index is -0.192. The molecule has 6 atom stereocenters. The van der Waals surface area contributed by atoms with Crippen molar-refractivity contribution in [1.29, 1.82) is 0 Å². The first-order chi connectivity index (χ1) is 18.7. The van der Waals surface area contributed by atoms with Crippen molar-refractivity contribution in [3.63, 3.8) is 0 Å². The van der Waals surface area contributed by atoms with E-state index in [-0.39, 0.29) is 46.5 Å². The van der Waals surface area contributed by atoms with Crippen LogP contribution in [0.1, 0.15) is 107 Å². The van der Waals surface area contributed by atoms with Crippen LogP contribution in [-0.4, -0.2) is 57.6 Å². The van der Waals surface area contributed by atoms with Crippen molar-refractivity contribution in [3.05, 3.63) is 0 Å². The molecule has 0 aliphatic rings. The summed E-state index contributed by atoms with van der Waals surface area (Å²) in [5.41, 5.74) is 0. The molecule has 0 saturated heterocycles. The van der Waals surface area contributed by atoms with Gasteiger partial charge in [-0.3, -0.25) is 9.59 Å². The number of ether oxygens (including phenoxy) is 4. The Bertz CT molecular complexity index is 698. The Hall–Kier alpha value is -0.580. The molecule has 0 spiro atoms. The molecule has 10 heteroatoms. The summed E-state index contributed by atoms with van der Waals surface area (Å²) in [6, 6.07) is 0. The van der Waals surface area contributed by atoms with E-state index in [1.807, 2.05) is 27.7 Å². The summed E-state index contributed by atoms with van der Waals surface area (Å²) in [5.74, 6) is -0.00485. The zero-order valence-electron chi connectivity index (χ0n) is 26.4. The first-order valence-corrected chi connectivity index (χ1v) is 17.2. The van der Waals surface area contributed by atoms with Gasteiger partial charge >= 0.3 is 11.9 Å². The maximum absolute atomic E-state index is 12.0. The fraction of sp³-hybridized carbons (Fsp3) is 0.867. The molecule has 6 unspecified atom stereocenters. The molecule has 0 aromatic rings. The molecule has 0 amide bonds. The lowest BCUT2D eigenvalue weighted by atomic mass is 9.99. The molecule has 0 aliphatic carbocycles. The summed E-state index contributed by atoms with van der Waals surface area (Å²) < 4.78 is 22.8. The van der Waals surface area contributed by atoms with Gasteiger partial charge in [0.05, 0.1) is 38.3 Å². The third-order valence-electron chi connectivity index (χ3n) is 7.21. The van der Waals surface area contributed by atoms with Crippen LogP contribution in [0.25, 0.3) is 0 Å². The monoisotopic (exact) mass is 638 g/mol. The summed E-state index contributed by atoms with van der Waals surface area (Å²) in [5, 5.41) is 0.394. The molecule has 0 aromatic carbocycles. The lowest BCUT2D eigenvalue weighted by Gasteiger charge is -2.23. The molecular weight excluding hydrogens is 585 g/mol. The standard InChI is InChI=1S/C30H54O6S4/c1-19(2)23(7)35-29(37)39-25(17-21(5)27(31)33-9)15-13-11-12-14-16-26(18-22(6)28(32)34-10)40-30(38)36-24(8)20(3)4/h19-26H,11-18H2,1-10H3. The molecule has 0 radical (unpaired) electrons. The van der Waals surface area contributed by atoms with Crippen LogP contribution in [0, 0.1) is 23.7 Å². The maximum atomic E-state index is 12.0. The average Bonchev–Trinajstić information content (AvgIpc) is 2.88. The molecule has 0 N–H and O–H groups in total. The first kappa shape index (κ1) is 39.4. The van der Waals surface area contributed by atoms with Gasteiger partial charge in [-0.15, -0.1) is 0 Å². The van der Waals surface area contributed by atoms with Crippen LogP contribution in [0.3, 0.4) is 0 Å². The highest BCUT2D eigenvalue weighted by Crippen LogP contribution is 2.30. The Morgan fingerprint density at radius 3 is 1.20 bits per heavy atom. The van der Waals surface area contributed by atoms with Crippen molar-refractivity contribution >= 4 is 68.7 Å². The molecule has 0 aliphatic heterocycles. The van der Waals surface area contributed by atoms with E-state index in [4.69, 9.17) is 43.4 Å². The minimum Gasteiger partial charge on any atom is -0.475 e.